The standard InChI is InChI=1S/C14H8F3N3/c15-8-1-3-9(4-2-8)20-14-10-5-11(16)12(17)6-13(10)18-7-19-14/h1-7H,(H,18,19,20). The predicted molar refractivity (Wildman–Crippen MR) is 69.1 cm³/mol. The van der Waals surface area contributed by atoms with Crippen molar-refractivity contribution in [3.63, 3.8) is 0 Å². The van der Waals surface area contributed by atoms with Crippen LogP contribution in [0.15, 0.2) is 42.7 Å². The van der Waals surface area contributed by atoms with Crippen molar-refractivity contribution in [2.75, 3.05) is 5.32 Å². The molecular weight excluding hydrogens is 267 g/mol. The Morgan fingerprint density at radius 3 is 2.30 bits per heavy atom. The molecule has 3 nitrogen and oxygen atoms in total. The second-order valence-electron chi connectivity index (χ2n) is 4.14. The predicted octanol–water partition coefficient (Wildman–Crippen LogP) is 3.79. The fourth-order valence-corrected chi connectivity index (χ4v) is 1.82. The molecule has 0 aliphatic rings. The number of rotatable bonds is 2. The normalized spacial score (nSPS) is 10.8. The van der Waals surface area contributed by atoms with Crippen LogP contribution in [-0.2, 0) is 0 Å². The quantitative estimate of drug-likeness (QED) is 0.773. The first-order chi connectivity index (χ1) is 9.63. The van der Waals surface area contributed by atoms with E-state index in [0.717, 1.165) is 12.1 Å². The Bertz CT molecular complexity index is 772. The number of nitrogens with zero attached hydrogens (tertiary/aromatic N) is 2. The molecular formula is C14H8F3N3. The van der Waals surface area contributed by atoms with Crippen LogP contribution in [-0.4, -0.2) is 9.97 Å². The molecule has 0 aliphatic heterocycles. The van der Waals surface area contributed by atoms with E-state index in [-0.39, 0.29) is 11.3 Å². The molecule has 3 aromatic rings. The van der Waals surface area contributed by atoms with Crippen LogP contribution in [0.3, 0.4) is 0 Å². The number of anilines is 2. The van der Waals surface area contributed by atoms with Gasteiger partial charge in [-0.15, -0.1) is 0 Å². The summed E-state index contributed by atoms with van der Waals surface area (Å²) in [4.78, 5) is 7.87. The van der Waals surface area contributed by atoms with Gasteiger partial charge in [-0.2, -0.15) is 0 Å². The third-order valence-electron chi connectivity index (χ3n) is 2.78. The van der Waals surface area contributed by atoms with Crippen molar-refractivity contribution in [1.82, 2.24) is 9.97 Å². The van der Waals surface area contributed by atoms with Crippen molar-refractivity contribution in [3.8, 4) is 0 Å². The lowest BCUT2D eigenvalue weighted by atomic mass is 10.2. The molecule has 1 heterocycles. The summed E-state index contributed by atoms with van der Waals surface area (Å²) in [5, 5.41) is 3.26. The Kier molecular flexibility index (Phi) is 2.98. The SMILES string of the molecule is Fc1ccc(Nc2ncnc3cc(F)c(F)cc23)cc1. The topological polar surface area (TPSA) is 37.8 Å². The van der Waals surface area contributed by atoms with Crippen molar-refractivity contribution in [3.05, 3.63) is 60.2 Å². The molecule has 2 aromatic carbocycles. The van der Waals surface area contributed by atoms with Crippen molar-refractivity contribution >= 4 is 22.4 Å². The van der Waals surface area contributed by atoms with Gasteiger partial charge in [0.15, 0.2) is 11.6 Å². The number of halogens is 3. The lowest BCUT2D eigenvalue weighted by molar-refractivity contribution is 0.510. The maximum atomic E-state index is 13.3. The van der Waals surface area contributed by atoms with Crippen LogP contribution in [0.25, 0.3) is 10.9 Å². The average molecular weight is 275 g/mol. The maximum Gasteiger partial charge on any atom is 0.161 e. The smallest absolute Gasteiger partial charge is 0.161 e. The summed E-state index contributed by atoms with van der Waals surface area (Å²) in [6, 6.07) is 7.63. The lowest BCUT2D eigenvalue weighted by Crippen LogP contribution is -1.97. The van der Waals surface area contributed by atoms with Crippen molar-refractivity contribution < 1.29 is 13.2 Å². The summed E-state index contributed by atoms with van der Waals surface area (Å²) in [6.45, 7) is 0. The minimum atomic E-state index is -0.977. The second kappa shape index (κ2) is 4.80. The largest absolute Gasteiger partial charge is 0.340 e. The van der Waals surface area contributed by atoms with Crippen LogP contribution >= 0.6 is 0 Å². The fraction of sp³-hybridized carbons (Fsp3) is 0. The third-order valence-corrected chi connectivity index (χ3v) is 2.78. The Morgan fingerprint density at radius 1 is 0.850 bits per heavy atom. The Hall–Kier alpha value is -2.63. The maximum absolute atomic E-state index is 13.3. The van der Waals surface area contributed by atoms with Crippen LogP contribution < -0.4 is 5.32 Å². The van der Waals surface area contributed by atoms with Gasteiger partial charge in [-0.25, -0.2) is 23.1 Å². The molecule has 0 amide bonds. The molecule has 0 unspecified atom stereocenters. The van der Waals surface area contributed by atoms with E-state index in [0.29, 0.717) is 16.9 Å². The van der Waals surface area contributed by atoms with E-state index in [1.807, 2.05) is 0 Å². The molecule has 0 radical (unpaired) electrons. The zero-order valence-corrected chi connectivity index (χ0v) is 10.1. The summed E-state index contributed by atoms with van der Waals surface area (Å²) >= 11 is 0. The molecule has 1 aromatic heterocycles. The first kappa shape index (κ1) is 12.4. The Morgan fingerprint density at radius 2 is 1.55 bits per heavy atom. The van der Waals surface area contributed by atoms with Crippen LogP contribution in [0.2, 0.25) is 0 Å². The van der Waals surface area contributed by atoms with Crippen LogP contribution in [0.5, 0.6) is 0 Å². The Balaban J connectivity index is 2.07. The van der Waals surface area contributed by atoms with E-state index in [1.165, 1.54) is 30.6 Å². The molecule has 3 rings (SSSR count). The van der Waals surface area contributed by atoms with Crippen LogP contribution in [0.4, 0.5) is 24.7 Å². The molecule has 0 fully saturated rings. The first-order valence-electron chi connectivity index (χ1n) is 5.76. The van der Waals surface area contributed by atoms with Gasteiger partial charge in [0.2, 0.25) is 0 Å². The highest BCUT2D eigenvalue weighted by atomic mass is 19.2. The summed E-state index contributed by atoms with van der Waals surface area (Å²) in [6.07, 6.45) is 1.24. The monoisotopic (exact) mass is 275 g/mol. The number of benzene rings is 2. The van der Waals surface area contributed by atoms with E-state index < -0.39 is 11.6 Å². The average Bonchev–Trinajstić information content (AvgIpc) is 2.43. The Labute approximate surface area is 112 Å². The lowest BCUT2D eigenvalue weighted by Gasteiger charge is -2.08. The number of fused-ring (bicyclic) bond motifs is 1. The van der Waals surface area contributed by atoms with Gasteiger partial charge in [-0.05, 0) is 30.3 Å². The molecule has 0 bridgehead atoms. The van der Waals surface area contributed by atoms with E-state index in [4.69, 9.17) is 0 Å². The highest BCUT2D eigenvalue weighted by Gasteiger charge is 2.09. The number of hydrogen-bond donors (Lipinski definition) is 1. The van der Waals surface area contributed by atoms with E-state index in [2.05, 4.69) is 15.3 Å². The minimum Gasteiger partial charge on any atom is -0.340 e. The van der Waals surface area contributed by atoms with Gasteiger partial charge < -0.3 is 5.32 Å². The van der Waals surface area contributed by atoms with Crippen LogP contribution in [0, 0.1) is 17.5 Å². The molecule has 0 aliphatic carbocycles. The minimum absolute atomic E-state index is 0.281. The summed E-state index contributed by atoms with van der Waals surface area (Å²) in [5.74, 6) is -1.99. The van der Waals surface area contributed by atoms with Gasteiger partial charge >= 0.3 is 0 Å². The molecule has 0 saturated heterocycles. The molecule has 0 spiro atoms. The number of aromatic nitrogens is 2. The molecule has 100 valence electrons. The van der Waals surface area contributed by atoms with Crippen molar-refractivity contribution in [1.29, 1.82) is 0 Å². The summed E-state index contributed by atoms with van der Waals surface area (Å²) < 4.78 is 39.3. The highest BCUT2D eigenvalue weighted by Crippen LogP contribution is 2.25. The number of nitrogens with one attached hydrogen (secondary N) is 1. The first-order valence-corrected chi connectivity index (χ1v) is 5.76. The van der Waals surface area contributed by atoms with Crippen LogP contribution in [0.1, 0.15) is 0 Å². The molecule has 20 heavy (non-hydrogen) atoms. The fourth-order valence-electron chi connectivity index (χ4n) is 1.82. The zero-order valence-electron chi connectivity index (χ0n) is 10.1. The second-order valence-corrected chi connectivity index (χ2v) is 4.14. The third kappa shape index (κ3) is 2.27. The van der Waals surface area contributed by atoms with Gasteiger partial charge in [0.1, 0.15) is 18.0 Å². The highest BCUT2D eigenvalue weighted by molar-refractivity contribution is 5.90. The summed E-state index contributed by atoms with van der Waals surface area (Å²) in [5.41, 5.74) is 0.861. The molecule has 0 saturated carbocycles. The molecule has 1 N–H and O–H groups in total. The van der Waals surface area contributed by atoms with E-state index >= 15 is 0 Å². The van der Waals surface area contributed by atoms with E-state index in [1.54, 1.807) is 0 Å². The van der Waals surface area contributed by atoms with Gasteiger partial charge in [-0.1, -0.05) is 0 Å². The van der Waals surface area contributed by atoms with Gasteiger partial charge in [0.05, 0.1) is 5.52 Å². The van der Waals surface area contributed by atoms with Gasteiger partial charge in [0, 0.05) is 17.1 Å². The number of hydrogen-bond acceptors (Lipinski definition) is 3. The van der Waals surface area contributed by atoms with Crippen molar-refractivity contribution in [2.45, 2.75) is 0 Å². The van der Waals surface area contributed by atoms with Crippen molar-refractivity contribution in [2.24, 2.45) is 0 Å². The van der Waals surface area contributed by atoms with Gasteiger partial charge in [-0.3, -0.25) is 0 Å². The zero-order chi connectivity index (χ0) is 14.1. The molecule has 0 atom stereocenters. The van der Waals surface area contributed by atoms with E-state index in [9.17, 15) is 13.2 Å². The van der Waals surface area contributed by atoms with Gasteiger partial charge in [0.25, 0.3) is 0 Å². The summed E-state index contributed by atoms with van der Waals surface area (Å²) in [7, 11) is 0. The molecule has 6 heteroatoms.